The lowest BCUT2D eigenvalue weighted by Crippen LogP contribution is -2.37. The van der Waals surface area contributed by atoms with E-state index in [-0.39, 0.29) is 18.7 Å². The van der Waals surface area contributed by atoms with Crippen LogP contribution in [0.25, 0.3) is 0 Å². The summed E-state index contributed by atoms with van der Waals surface area (Å²) in [4.78, 5) is 14.4. The van der Waals surface area contributed by atoms with Crippen LogP contribution in [-0.2, 0) is 10.0 Å². The molecule has 0 radical (unpaired) electrons. The molecule has 0 saturated carbocycles. The number of amides is 1. The van der Waals surface area contributed by atoms with Gasteiger partial charge in [0.1, 0.15) is 5.82 Å². The first-order chi connectivity index (χ1) is 12.8. The Bertz CT molecular complexity index is 959. The van der Waals surface area contributed by atoms with Gasteiger partial charge in [-0.3, -0.25) is 4.79 Å². The molecule has 1 amide bonds. The molecule has 0 unspecified atom stereocenters. The van der Waals surface area contributed by atoms with Gasteiger partial charge in [-0.25, -0.2) is 12.8 Å². The zero-order valence-electron chi connectivity index (χ0n) is 15.5. The first-order valence-electron chi connectivity index (χ1n) is 8.92. The summed E-state index contributed by atoms with van der Waals surface area (Å²) in [6.45, 7) is 4.78. The van der Waals surface area contributed by atoms with E-state index in [0.29, 0.717) is 30.0 Å². The highest BCUT2D eigenvalue weighted by Gasteiger charge is 2.30. The first-order valence-corrected chi connectivity index (χ1v) is 10.4. The molecule has 1 fully saturated rings. The molecule has 0 N–H and O–H groups in total. The highest BCUT2D eigenvalue weighted by atomic mass is 32.2. The zero-order chi connectivity index (χ0) is 19.6. The van der Waals surface area contributed by atoms with Gasteiger partial charge in [-0.15, -0.1) is 0 Å². The van der Waals surface area contributed by atoms with Crippen molar-refractivity contribution in [3.8, 4) is 0 Å². The molecule has 3 rings (SSSR count). The maximum Gasteiger partial charge on any atom is 0.256 e. The second-order valence-corrected chi connectivity index (χ2v) is 8.70. The van der Waals surface area contributed by atoms with Gasteiger partial charge in [-0.05, 0) is 49.6 Å². The van der Waals surface area contributed by atoms with Gasteiger partial charge in [-0.1, -0.05) is 24.3 Å². The quantitative estimate of drug-likeness (QED) is 0.810. The average molecular weight is 390 g/mol. The molecule has 1 saturated heterocycles. The molecule has 0 spiro atoms. The molecule has 0 bridgehead atoms. The highest BCUT2D eigenvalue weighted by molar-refractivity contribution is 7.89. The molecule has 7 heteroatoms. The fourth-order valence-electron chi connectivity index (χ4n) is 3.27. The molecule has 5 nitrogen and oxygen atoms in total. The minimum atomic E-state index is -3.64. The Hall–Kier alpha value is -2.25. The summed E-state index contributed by atoms with van der Waals surface area (Å²) >= 11 is 0. The second kappa shape index (κ2) is 7.78. The minimum Gasteiger partial charge on any atom is -0.337 e. The molecular weight excluding hydrogens is 367 g/mol. The number of carbonyl (C=O) groups is 1. The molecule has 2 aromatic carbocycles. The molecule has 2 aromatic rings. The van der Waals surface area contributed by atoms with E-state index < -0.39 is 21.7 Å². The summed E-state index contributed by atoms with van der Waals surface area (Å²) in [6, 6.07) is 11.2. The van der Waals surface area contributed by atoms with E-state index in [0.717, 1.165) is 5.56 Å². The predicted molar refractivity (Wildman–Crippen MR) is 102 cm³/mol. The topological polar surface area (TPSA) is 57.7 Å². The lowest BCUT2D eigenvalue weighted by atomic mass is 10.2. The average Bonchev–Trinajstić information content (AvgIpc) is 2.90. The van der Waals surface area contributed by atoms with E-state index >= 15 is 0 Å². The molecule has 0 atom stereocenters. The van der Waals surface area contributed by atoms with E-state index in [1.54, 1.807) is 25.1 Å². The molecular formula is C20H23FN2O3S. The summed E-state index contributed by atoms with van der Waals surface area (Å²) < 4.78 is 41.5. The summed E-state index contributed by atoms with van der Waals surface area (Å²) in [5.74, 6) is -0.967. The van der Waals surface area contributed by atoms with Crippen LogP contribution >= 0.6 is 0 Å². The van der Waals surface area contributed by atoms with Crippen molar-refractivity contribution in [3.05, 3.63) is 65.0 Å². The number of halogens is 1. The Morgan fingerprint density at radius 3 is 2.48 bits per heavy atom. The van der Waals surface area contributed by atoms with Crippen molar-refractivity contribution in [2.24, 2.45) is 0 Å². The van der Waals surface area contributed by atoms with E-state index in [4.69, 9.17) is 0 Å². The van der Waals surface area contributed by atoms with Gasteiger partial charge in [0.25, 0.3) is 5.91 Å². The number of benzene rings is 2. The fourth-order valence-corrected chi connectivity index (χ4v) is 5.05. The van der Waals surface area contributed by atoms with Gasteiger partial charge in [0.2, 0.25) is 10.0 Å². The number of rotatable bonds is 3. The number of carbonyl (C=O) groups excluding carboxylic acids is 1. The molecule has 1 aliphatic rings. The van der Waals surface area contributed by atoms with Crippen LogP contribution in [0.2, 0.25) is 0 Å². The molecule has 144 valence electrons. The highest BCUT2D eigenvalue weighted by Crippen LogP contribution is 2.23. The van der Waals surface area contributed by atoms with Gasteiger partial charge in [0.15, 0.2) is 0 Å². The van der Waals surface area contributed by atoms with Crippen molar-refractivity contribution >= 4 is 15.9 Å². The molecule has 0 aliphatic carbocycles. The van der Waals surface area contributed by atoms with E-state index in [9.17, 15) is 17.6 Å². The Morgan fingerprint density at radius 1 is 1.00 bits per heavy atom. The van der Waals surface area contributed by atoms with Gasteiger partial charge < -0.3 is 4.90 Å². The van der Waals surface area contributed by atoms with E-state index in [2.05, 4.69) is 0 Å². The third kappa shape index (κ3) is 4.04. The lowest BCUT2D eigenvalue weighted by Gasteiger charge is -2.23. The summed E-state index contributed by atoms with van der Waals surface area (Å²) in [7, 11) is -3.64. The Kier molecular flexibility index (Phi) is 5.62. The number of aryl methyl sites for hydroxylation is 2. The fraction of sp³-hybridized carbons (Fsp3) is 0.350. The number of nitrogens with zero attached hydrogens (tertiary/aromatic N) is 2. The summed E-state index contributed by atoms with van der Waals surface area (Å²) in [6.07, 6.45) is 0.504. The Morgan fingerprint density at radius 2 is 1.74 bits per heavy atom. The maximum absolute atomic E-state index is 13.9. The van der Waals surface area contributed by atoms with Crippen LogP contribution in [0.5, 0.6) is 0 Å². The van der Waals surface area contributed by atoms with Crippen molar-refractivity contribution in [1.29, 1.82) is 0 Å². The molecule has 1 aliphatic heterocycles. The van der Waals surface area contributed by atoms with Crippen LogP contribution < -0.4 is 0 Å². The summed E-state index contributed by atoms with van der Waals surface area (Å²) in [5.41, 5.74) is 1.60. The van der Waals surface area contributed by atoms with Gasteiger partial charge in [0, 0.05) is 26.2 Å². The van der Waals surface area contributed by atoms with Crippen molar-refractivity contribution in [3.63, 3.8) is 0 Å². The van der Waals surface area contributed by atoms with E-state index in [1.807, 2.05) is 13.0 Å². The second-order valence-electron chi connectivity index (χ2n) is 6.80. The predicted octanol–water partition coefficient (Wildman–Crippen LogP) is 2.98. The number of hydrogen-bond donors (Lipinski definition) is 0. The standard InChI is InChI=1S/C20H23FN2O3S/c1-15-8-9-16(2)19(14-15)27(25,26)23-11-5-10-22(12-13-23)20(24)17-6-3-4-7-18(17)21/h3-4,6-9,14H,5,10-13H2,1-2H3. The monoisotopic (exact) mass is 390 g/mol. The summed E-state index contributed by atoms with van der Waals surface area (Å²) in [5, 5.41) is 0. The van der Waals surface area contributed by atoms with Crippen molar-refractivity contribution < 1.29 is 17.6 Å². The Labute approximate surface area is 159 Å². The number of hydrogen-bond acceptors (Lipinski definition) is 3. The third-order valence-electron chi connectivity index (χ3n) is 4.81. The van der Waals surface area contributed by atoms with Gasteiger partial charge in [-0.2, -0.15) is 4.31 Å². The normalized spacial score (nSPS) is 16.2. The smallest absolute Gasteiger partial charge is 0.256 e. The first kappa shape index (κ1) is 19.5. The maximum atomic E-state index is 13.9. The largest absolute Gasteiger partial charge is 0.337 e. The molecule has 0 aromatic heterocycles. The molecule has 1 heterocycles. The van der Waals surface area contributed by atoms with Crippen molar-refractivity contribution in [2.75, 3.05) is 26.2 Å². The third-order valence-corrected chi connectivity index (χ3v) is 6.85. The molecule has 27 heavy (non-hydrogen) atoms. The van der Waals surface area contributed by atoms with Crippen LogP contribution in [0.3, 0.4) is 0 Å². The zero-order valence-corrected chi connectivity index (χ0v) is 16.3. The van der Waals surface area contributed by atoms with Crippen LogP contribution in [0.1, 0.15) is 27.9 Å². The van der Waals surface area contributed by atoms with Crippen molar-refractivity contribution in [2.45, 2.75) is 25.2 Å². The minimum absolute atomic E-state index is 0.0170. The van der Waals surface area contributed by atoms with Crippen LogP contribution in [-0.4, -0.2) is 49.7 Å². The van der Waals surface area contributed by atoms with Crippen molar-refractivity contribution in [1.82, 2.24) is 9.21 Å². The van der Waals surface area contributed by atoms with Crippen LogP contribution in [0.4, 0.5) is 4.39 Å². The Balaban J connectivity index is 1.79. The number of sulfonamides is 1. The van der Waals surface area contributed by atoms with E-state index in [1.165, 1.54) is 27.4 Å². The van der Waals surface area contributed by atoms with Crippen LogP contribution in [0.15, 0.2) is 47.4 Å². The lowest BCUT2D eigenvalue weighted by molar-refractivity contribution is 0.0759. The SMILES string of the molecule is Cc1ccc(C)c(S(=O)(=O)N2CCCN(C(=O)c3ccccc3F)CC2)c1. The van der Waals surface area contributed by atoms with Gasteiger partial charge in [0.05, 0.1) is 10.5 Å². The van der Waals surface area contributed by atoms with Crippen LogP contribution in [0, 0.1) is 19.7 Å². The van der Waals surface area contributed by atoms with Gasteiger partial charge >= 0.3 is 0 Å².